The van der Waals surface area contributed by atoms with Gasteiger partial charge < -0.3 is 50.4 Å². The molecule has 0 saturated carbocycles. The van der Waals surface area contributed by atoms with Crippen molar-refractivity contribution < 1.29 is 44.2 Å². The highest BCUT2D eigenvalue weighted by atomic mass is 16.6. The molecular weight excluding hydrogens is 797 g/mol. The fourth-order valence-corrected chi connectivity index (χ4v) is 8.02. The van der Waals surface area contributed by atoms with Crippen molar-refractivity contribution >= 4 is 17.7 Å². The lowest BCUT2D eigenvalue weighted by Crippen LogP contribution is -2.50. The summed E-state index contributed by atoms with van der Waals surface area (Å²) < 4.78 is 21.5. The maximum absolute atomic E-state index is 11.7. The van der Waals surface area contributed by atoms with Crippen LogP contribution in [0.5, 0.6) is 0 Å². The van der Waals surface area contributed by atoms with Crippen LogP contribution in [0.2, 0.25) is 0 Å². The maximum Gasteiger partial charge on any atom is 0.413 e. The quantitative estimate of drug-likeness (QED) is 0.164. The second-order valence-corrected chi connectivity index (χ2v) is 18.0. The van der Waals surface area contributed by atoms with Gasteiger partial charge in [-0.05, 0) is 81.8 Å². The van der Waals surface area contributed by atoms with Gasteiger partial charge in [0.05, 0.1) is 61.8 Å². The molecule has 1 amide bonds. The summed E-state index contributed by atoms with van der Waals surface area (Å²) in [5, 5.41) is 42.0. The Kier molecular flexibility index (Phi) is 17.4. The smallest absolute Gasteiger partial charge is 0.413 e. The van der Waals surface area contributed by atoms with Gasteiger partial charge in [-0.1, -0.05) is 18.2 Å². The Labute approximate surface area is 365 Å². The Morgan fingerprint density at radius 2 is 1.21 bits per heavy atom. The summed E-state index contributed by atoms with van der Waals surface area (Å²) in [5.74, 6) is 2.14. The molecular formula is C45H68N8O9. The number of hydrogen-bond donors (Lipinski definition) is 7. The van der Waals surface area contributed by atoms with Crippen molar-refractivity contribution in [3.63, 3.8) is 0 Å². The van der Waals surface area contributed by atoms with E-state index in [1.807, 2.05) is 19.1 Å². The van der Waals surface area contributed by atoms with Gasteiger partial charge in [0.2, 0.25) is 0 Å². The Balaban J connectivity index is 0.000000147. The number of nitrogens with zero attached hydrogens (tertiary/aromatic N) is 5. The molecule has 17 nitrogen and oxygen atoms in total. The third-order valence-corrected chi connectivity index (χ3v) is 11.5. The summed E-state index contributed by atoms with van der Waals surface area (Å²) in [6.45, 7) is 18.1. The molecule has 0 aliphatic carbocycles. The molecule has 6 aliphatic heterocycles. The Bertz CT molecular complexity index is 1780. The average Bonchev–Trinajstić information content (AvgIpc) is 4.02. The second-order valence-electron chi connectivity index (χ2n) is 18.0. The fourth-order valence-electron chi connectivity index (χ4n) is 8.02. The molecule has 0 aromatic carbocycles. The number of nitrogens with two attached hydrogens (primary N) is 1. The second kappa shape index (κ2) is 22.7. The molecule has 8 N–H and O–H groups in total. The summed E-state index contributed by atoms with van der Waals surface area (Å²) >= 11 is 0. The first-order valence-corrected chi connectivity index (χ1v) is 22.0. The first-order valence-electron chi connectivity index (χ1n) is 22.0. The van der Waals surface area contributed by atoms with Crippen LogP contribution in [0.25, 0.3) is 0 Å². The number of aromatic nitrogens is 3. The maximum atomic E-state index is 11.7. The van der Waals surface area contributed by atoms with Crippen molar-refractivity contribution in [2.75, 3.05) is 90.0 Å². The molecule has 3 aromatic heterocycles. The molecule has 62 heavy (non-hydrogen) atoms. The highest BCUT2D eigenvalue weighted by Gasteiger charge is 2.29. The van der Waals surface area contributed by atoms with E-state index in [2.05, 4.69) is 53.6 Å². The predicted molar refractivity (Wildman–Crippen MR) is 234 cm³/mol. The zero-order valence-corrected chi connectivity index (χ0v) is 36.8. The van der Waals surface area contributed by atoms with Crippen LogP contribution < -0.4 is 16.4 Å². The van der Waals surface area contributed by atoms with Crippen LogP contribution in [-0.4, -0.2) is 154 Å². The molecule has 0 bridgehead atoms. The van der Waals surface area contributed by atoms with Crippen LogP contribution in [0.3, 0.4) is 0 Å². The average molecular weight is 865 g/mol. The lowest BCUT2D eigenvalue weighted by atomic mass is 9.95. The molecule has 0 spiro atoms. The molecule has 9 heterocycles. The van der Waals surface area contributed by atoms with Gasteiger partial charge in [-0.2, -0.15) is 0 Å². The van der Waals surface area contributed by atoms with Crippen molar-refractivity contribution in [3.05, 3.63) is 75.9 Å². The van der Waals surface area contributed by atoms with Crippen molar-refractivity contribution in [3.8, 4) is 0 Å². The minimum absolute atomic E-state index is 0.0463. The van der Waals surface area contributed by atoms with Crippen LogP contribution >= 0.6 is 0 Å². The summed E-state index contributed by atoms with van der Waals surface area (Å²) in [4.78, 5) is 29.6. The van der Waals surface area contributed by atoms with E-state index in [1.165, 1.54) is 11.1 Å². The summed E-state index contributed by atoms with van der Waals surface area (Å²) in [5.41, 5.74) is 12.6. The number of nitrogen functional groups attached to an aromatic ring is 1. The van der Waals surface area contributed by atoms with Gasteiger partial charge >= 0.3 is 6.09 Å². The van der Waals surface area contributed by atoms with E-state index in [-0.39, 0.29) is 30.8 Å². The number of aryl methyl sites for hydroxylation is 1. The molecule has 3 atom stereocenters. The van der Waals surface area contributed by atoms with Crippen LogP contribution in [0.1, 0.15) is 97.3 Å². The Hall–Kier alpha value is -3.88. The van der Waals surface area contributed by atoms with Gasteiger partial charge in [-0.25, -0.2) is 14.8 Å². The largest absolute Gasteiger partial charge is 0.444 e. The summed E-state index contributed by atoms with van der Waals surface area (Å²) in [6, 6.07) is 11.8. The lowest BCUT2D eigenvalue weighted by molar-refractivity contribution is -0.00396. The molecule has 3 unspecified atom stereocenters. The van der Waals surface area contributed by atoms with Gasteiger partial charge in [-0.15, -0.1) is 0 Å². The SMILES string of the molecule is CC(C)(C)OC(=O)Nc1ccc(C2CCOC2)c(CO)n1.Cc1ccc(C2CCOC2)c(CN2CC(O)C2)n1.Nc1ccc(C2CCOC2)c(CN2CC(O)C2)n1.OC1CNC1. The van der Waals surface area contributed by atoms with Gasteiger partial charge in [0.25, 0.3) is 0 Å². The molecule has 6 saturated heterocycles. The number of ether oxygens (including phenoxy) is 4. The van der Waals surface area contributed by atoms with Crippen molar-refractivity contribution in [2.24, 2.45) is 0 Å². The van der Waals surface area contributed by atoms with Crippen molar-refractivity contribution in [1.82, 2.24) is 30.1 Å². The fraction of sp³-hybridized carbons (Fsp3) is 0.644. The van der Waals surface area contributed by atoms with Crippen LogP contribution in [-0.2, 0) is 38.6 Å². The van der Waals surface area contributed by atoms with E-state index in [9.17, 15) is 20.1 Å². The van der Waals surface area contributed by atoms with Crippen LogP contribution in [0.4, 0.5) is 16.4 Å². The highest BCUT2D eigenvalue weighted by Crippen LogP contribution is 2.31. The molecule has 3 aromatic rings. The molecule has 6 fully saturated rings. The van der Waals surface area contributed by atoms with Gasteiger partial charge in [0.15, 0.2) is 0 Å². The van der Waals surface area contributed by atoms with Gasteiger partial charge in [0.1, 0.15) is 17.2 Å². The number of β-amino-alcohol motifs (C(OH)–C–C–N with tert-alkyl or cyclic N) is 3. The molecule has 17 heteroatoms. The highest BCUT2D eigenvalue weighted by molar-refractivity contribution is 5.83. The number of rotatable bonds is 9. The van der Waals surface area contributed by atoms with E-state index < -0.39 is 11.7 Å². The number of aliphatic hydroxyl groups excluding tert-OH is 4. The monoisotopic (exact) mass is 865 g/mol. The number of aliphatic hydroxyl groups is 4. The molecule has 6 aliphatic rings. The minimum atomic E-state index is -0.564. The zero-order chi connectivity index (χ0) is 44.2. The minimum Gasteiger partial charge on any atom is -0.444 e. The predicted octanol–water partition coefficient (Wildman–Crippen LogP) is 2.79. The van der Waals surface area contributed by atoms with Crippen LogP contribution in [0.15, 0.2) is 36.4 Å². The number of likely N-dealkylation sites (tertiary alicyclic amines) is 2. The first-order chi connectivity index (χ1) is 29.7. The van der Waals surface area contributed by atoms with E-state index in [0.29, 0.717) is 35.8 Å². The number of carbonyl (C=O) groups excluding carboxylic acids is 1. The Morgan fingerprint density at radius 1 is 0.742 bits per heavy atom. The normalized spacial score (nSPS) is 23.1. The van der Waals surface area contributed by atoms with Gasteiger partial charge in [0, 0.05) is 95.6 Å². The number of nitrogens with one attached hydrogen (secondary N) is 2. The third kappa shape index (κ3) is 14.3. The zero-order valence-electron chi connectivity index (χ0n) is 36.8. The number of pyridine rings is 3. The number of carbonyl (C=O) groups is 1. The lowest BCUT2D eigenvalue weighted by Gasteiger charge is -2.36. The van der Waals surface area contributed by atoms with E-state index >= 15 is 0 Å². The summed E-state index contributed by atoms with van der Waals surface area (Å²) in [6.07, 6.45) is 2.15. The summed E-state index contributed by atoms with van der Waals surface area (Å²) in [7, 11) is 0. The van der Waals surface area contributed by atoms with E-state index in [1.54, 1.807) is 26.8 Å². The molecule has 0 radical (unpaired) electrons. The molecule has 342 valence electrons. The standard InChI is InChI=1S/C15H22N2O4.C14H20N2O2.C13H19N3O2.C3H7NO/c1-15(2,3)21-14(19)17-13-5-4-11(12(8-18)16-13)10-6-7-20-9-10;1-10-2-3-13(11-4-5-18-9-11)14(15-10)8-16-6-12(17)7-16;14-13-2-1-11(9-3-4-18-8-9)12(15-13)7-16-5-10(17)6-16;5-3-1-4-2-3/h4-5,10,18H,6-9H2,1-3H3,(H,16,17,19);2-3,11-12,17H,4-9H2,1H3;1-2,9-10,17H,3-8H2,(H2,14,15);3-5H,1-2H2. The van der Waals surface area contributed by atoms with Crippen molar-refractivity contribution in [1.29, 1.82) is 0 Å². The number of anilines is 2. The first kappa shape index (κ1) is 47.6. The Morgan fingerprint density at radius 3 is 1.63 bits per heavy atom. The van der Waals surface area contributed by atoms with E-state index in [0.717, 1.165) is 127 Å². The third-order valence-electron chi connectivity index (χ3n) is 11.5. The molecule has 9 rings (SSSR count). The van der Waals surface area contributed by atoms with Crippen molar-refractivity contribution in [2.45, 2.75) is 108 Å². The topological polar surface area (TPSA) is 230 Å². The van der Waals surface area contributed by atoms with E-state index in [4.69, 9.17) is 29.8 Å². The van der Waals surface area contributed by atoms with Crippen LogP contribution in [0, 0.1) is 6.92 Å². The van der Waals surface area contributed by atoms with Gasteiger partial charge in [-0.3, -0.25) is 20.1 Å². The number of hydrogen-bond acceptors (Lipinski definition) is 16. The number of amides is 1.